The zero-order valence-corrected chi connectivity index (χ0v) is 12.6. The van der Waals surface area contributed by atoms with Crippen molar-refractivity contribution in [1.82, 2.24) is 0 Å². The Morgan fingerprint density at radius 1 is 0.909 bits per heavy atom. The Morgan fingerprint density at radius 2 is 1.41 bits per heavy atom. The number of hydrogen-bond donors (Lipinski definition) is 2. The van der Waals surface area contributed by atoms with Crippen molar-refractivity contribution in [3.05, 3.63) is 35.4 Å². The van der Waals surface area contributed by atoms with Crippen LogP contribution in [0.5, 0.6) is 0 Å². The van der Waals surface area contributed by atoms with E-state index in [1.54, 1.807) is 0 Å². The second-order valence-corrected chi connectivity index (χ2v) is 4.75. The number of esters is 2. The minimum absolute atomic E-state index is 0.250. The van der Waals surface area contributed by atoms with E-state index in [0.29, 0.717) is 11.1 Å². The number of benzene rings is 1. The zero-order valence-electron chi connectivity index (χ0n) is 12.6. The summed E-state index contributed by atoms with van der Waals surface area (Å²) in [6.45, 7) is 0. The molecule has 1 rings (SSSR count). The highest BCUT2D eigenvalue weighted by Crippen LogP contribution is 2.10. The number of carbonyl (C=O) groups excluding carboxylic acids is 3. The van der Waals surface area contributed by atoms with Gasteiger partial charge in [-0.2, -0.15) is 0 Å². The van der Waals surface area contributed by atoms with Crippen LogP contribution in [0.2, 0.25) is 0 Å². The lowest BCUT2D eigenvalue weighted by molar-refractivity contribution is -0.142. The van der Waals surface area contributed by atoms with Crippen LogP contribution in [0.4, 0.5) is 0 Å². The van der Waals surface area contributed by atoms with Gasteiger partial charge < -0.3 is 20.9 Å². The second kappa shape index (κ2) is 8.26. The fraction of sp³-hybridized carbons (Fsp3) is 0.400. The molecule has 0 spiro atoms. The van der Waals surface area contributed by atoms with Crippen LogP contribution in [0.3, 0.4) is 0 Å². The Kier molecular flexibility index (Phi) is 6.68. The number of Topliss-reactive ketones (excluding diaryl/α,β-unsaturated/α-hetero) is 1. The van der Waals surface area contributed by atoms with Crippen LogP contribution in [0.25, 0.3) is 0 Å². The Bertz CT molecular complexity index is 541. The third-order valence-electron chi connectivity index (χ3n) is 3.22. The maximum Gasteiger partial charge on any atom is 0.337 e. The average molecular weight is 308 g/mol. The van der Waals surface area contributed by atoms with Gasteiger partial charge in [0.15, 0.2) is 5.78 Å². The Labute approximate surface area is 128 Å². The molecule has 0 aromatic heterocycles. The Hall–Kier alpha value is -2.25. The molecule has 4 N–H and O–H groups in total. The molecule has 0 aliphatic rings. The predicted octanol–water partition coefficient (Wildman–Crippen LogP) is 0.264. The molecule has 2 atom stereocenters. The summed E-state index contributed by atoms with van der Waals surface area (Å²) in [6.07, 6.45) is 0.508. The fourth-order valence-electron chi connectivity index (χ4n) is 1.86. The van der Waals surface area contributed by atoms with Crippen molar-refractivity contribution in [3.8, 4) is 0 Å². The highest BCUT2D eigenvalue weighted by molar-refractivity contribution is 6.00. The van der Waals surface area contributed by atoms with Gasteiger partial charge in [-0.1, -0.05) is 12.1 Å². The molecule has 1 unspecified atom stereocenters. The second-order valence-electron chi connectivity index (χ2n) is 4.75. The minimum atomic E-state index is -0.800. The van der Waals surface area contributed by atoms with E-state index in [9.17, 15) is 14.4 Å². The molecule has 1 aromatic carbocycles. The fourth-order valence-corrected chi connectivity index (χ4v) is 1.86. The number of hydrogen-bond acceptors (Lipinski definition) is 7. The first-order valence-corrected chi connectivity index (χ1v) is 6.72. The van der Waals surface area contributed by atoms with Gasteiger partial charge >= 0.3 is 11.9 Å². The van der Waals surface area contributed by atoms with E-state index in [0.717, 1.165) is 0 Å². The molecule has 0 bridgehead atoms. The summed E-state index contributed by atoms with van der Waals surface area (Å²) in [4.78, 5) is 34.6. The van der Waals surface area contributed by atoms with Crippen LogP contribution in [0.15, 0.2) is 24.3 Å². The molecule has 1 aromatic rings. The Morgan fingerprint density at radius 3 is 1.91 bits per heavy atom. The van der Waals surface area contributed by atoms with Crippen molar-refractivity contribution in [2.45, 2.75) is 24.9 Å². The van der Waals surface area contributed by atoms with E-state index in [1.807, 2.05) is 0 Å². The predicted molar refractivity (Wildman–Crippen MR) is 79.3 cm³/mol. The molecular formula is C15H20N2O5. The molecule has 7 nitrogen and oxygen atoms in total. The molecular weight excluding hydrogens is 288 g/mol. The first kappa shape index (κ1) is 17.8. The van der Waals surface area contributed by atoms with Gasteiger partial charge in [0, 0.05) is 5.56 Å². The normalized spacial score (nSPS) is 13.1. The molecule has 0 amide bonds. The van der Waals surface area contributed by atoms with Crippen molar-refractivity contribution in [2.75, 3.05) is 14.2 Å². The summed E-state index contributed by atoms with van der Waals surface area (Å²) < 4.78 is 9.08. The SMILES string of the molecule is COC(=O)c1ccc(C(=O)C(N)CC[C@H](N)C(=O)OC)cc1. The van der Waals surface area contributed by atoms with E-state index in [-0.39, 0.29) is 18.6 Å². The van der Waals surface area contributed by atoms with Gasteiger partial charge in [0.1, 0.15) is 6.04 Å². The molecule has 120 valence electrons. The summed E-state index contributed by atoms with van der Waals surface area (Å²) in [5.41, 5.74) is 12.1. The molecule has 0 fully saturated rings. The number of rotatable bonds is 7. The molecule has 0 aliphatic carbocycles. The summed E-state index contributed by atoms with van der Waals surface area (Å²) in [5, 5.41) is 0. The smallest absolute Gasteiger partial charge is 0.337 e. The highest BCUT2D eigenvalue weighted by atomic mass is 16.5. The van der Waals surface area contributed by atoms with E-state index in [4.69, 9.17) is 11.5 Å². The number of ether oxygens (including phenoxy) is 2. The van der Waals surface area contributed by atoms with E-state index in [2.05, 4.69) is 9.47 Å². The maximum atomic E-state index is 12.1. The number of nitrogens with two attached hydrogens (primary N) is 2. The first-order chi connectivity index (χ1) is 10.4. The molecule has 0 radical (unpaired) electrons. The topological polar surface area (TPSA) is 122 Å². The van der Waals surface area contributed by atoms with Crippen LogP contribution in [0.1, 0.15) is 33.6 Å². The molecule has 0 saturated carbocycles. The zero-order chi connectivity index (χ0) is 16.7. The maximum absolute atomic E-state index is 12.1. The van der Waals surface area contributed by atoms with Crippen LogP contribution in [-0.4, -0.2) is 44.0 Å². The van der Waals surface area contributed by atoms with Gasteiger partial charge in [0.05, 0.1) is 25.8 Å². The quantitative estimate of drug-likeness (QED) is 0.547. The van der Waals surface area contributed by atoms with Crippen LogP contribution >= 0.6 is 0 Å². The van der Waals surface area contributed by atoms with Gasteiger partial charge in [-0.25, -0.2) is 4.79 Å². The molecule has 0 aliphatic heterocycles. The van der Waals surface area contributed by atoms with Crippen LogP contribution in [0, 0.1) is 0 Å². The summed E-state index contributed by atoms with van der Waals surface area (Å²) in [5.74, 6) is -1.30. The lowest BCUT2D eigenvalue weighted by Crippen LogP contribution is -2.36. The van der Waals surface area contributed by atoms with Crippen molar-refractivity contribution in [2.24, 2.45) is 11.5 Å². The summed E-state index contributed by atoms with van der Waals surface area (Å²) in [6, 6.07) is 4.42. The van der Waals surface area contributed by atoms with E-state index < -0.39 is 24.0 Å². The van der Waals surface area contributed by atoms with Gasteiger partial charge in [0.25, 0.3) is 0 Å². The van der Waals surface area contributed by atoms with Crippen LogP contribution in [-0.2, 0) is 14.3 Å². The van der Waals surface area contributed by atoms with Gasteiger partial charge in [-0.3, -0.25) is 9.59 Å². The third-order valence-corrected chi connectivity index (χ3v) is 3.22. The highest BCUT2D eigenvalue weighted by Gasteiger charge is 2.20. The van der Waals surface area contributed by atoms with Crippen molar-refractivity contribution >= 4 is 17.7 Å². The lowest BCUT2D eigenvalue weighted by Gasteiger charge is -2.13. The summed E-state index contributed by atoms with van der Waals surface area (Å²) >= 11 is 0. The number of carbonyl (C=O) groups is 3. The summed E-state index contributed by atoms with van der Waals surface area (Å²) in [7, 11) is 2.53. The lowest BCUT2D eigenvalue weighted by atomic mass is 9.98. The molecule has 7 heteroatoms. The molecule has 22 heavy (non-hydrogen) atoms. The van der Waals surface area contributed by atoms with Crippen molar-refractivity contribution in [1.29, 1.82) is 0 Å². The van der Waals surface area contributed by atoms with Crippen LogP contribution < -0.4 is 11.5 Å². The van der Waals surface area contributed by atoms with E-state index in [1.165, 1.54) is 38.5 Å². The average Bonchev–Trinajstić information content (AvgIpc) is 2.57. The van der Waals surface area contributed by atoms with Crippen molar-refractivity contribution < 1.29 is 23.9 Å². The number of ketones is 1. The van der Waals surface area contributed by atoms with Gasteiger partial charge in [-0.05, 0) is 25.0 Å². The van der Waals surface area contributed by atoms with E-state index >= 15 is 0 Å². The minimum Gasteiger partial charge on any atom is -0.468 e. The monoisotopic (exact) mass is 308 g/mol. The third kappa shape index (κ3) is 4.64. The Balaban J connectivity index is 2.63. The number of methoxy groups -OCH3 is 2. The van der Waals surface area contributed by atoms with Gasteiger partial charge in [-0.15, -0.1) is 0 Å². The molecule has 0 heterocycles. The standard InChI is InChI=1S/C15H20N2O5/c1-21-14(19)10-5-3-9(4-6-10)13(18)11(16)7-8-12(17)15(20)22-2/h3-6,11-12H,7-8,16-17H2,1-2H3/t11?,12-/m0/s1. The van der Waals surface area contributed by atoms with Crippen molar-refractivity contribution in [3.63, 3.8) is 0 Å². The first-order valence-electron chi connectivity index (χ1n) is 6.72. The largest absolute Gasteiger partial charge is 0.468 e. The molecule has 0 saturated heterocycles. The van der Waals surface area contributed by atoms with Gasteiger partial charge in [0.2, 0.25) is 0 Å².